The summed E-state index contributed by atoms with van der Waals surface area (Å²) < 4.78 is 9.26. The predicted molar refractivity (Wildman–Crippen MR) is 64.3 cm³/mol. The number of rotatable bonds is 3. The van der Waals surface area contributed by atoms with Crippen molar-refractivity contribution in [2.45, 2.75) is 19.6 Å². The van der Waals surface area contributed by atoms with Gasteiger partial charge in [-0.2, -0.15) is 0 Å². The van der Waals surface area contributed by atoms with Gasteiger partial charge in [-0.3, -0.25) is 0 Å². The van der Waals surface area contributed by atoms with Crippen LogP contribution in [0.4, 0.5) is 0 Å². The Kier molecular flexibility index (Phi) is 3.42. The molecule has 0 N–H and O–H groups in total. The molecule has 1 rings (SSSR count). The molecule has 13 heavy (non-hydrogen) atoms. The van der Waals surface area contributed by atoms with E-state index >= 15 is 0 Å². The molecule has 2 heteroatoms. The summed E-state index contributed by atoms with van der Waals surface area (Å²) in [4.78, 5) is 2.12. The molecule has 0 aliphatic heterocycles. The summed E-state index contributed by atoms with van der Waals surface area (Å²) in [5, 5.41) is 0. The maximum absolute atomic E-state index is 7.91. The summed E-state index contributed by atoms with van der Waals surface area (Å²) in [6.45, 7) is 6.65. The number of hydrogen-bond donors (Lipinski definition) is 0. The van der Waals surface area contributed by atoms with E-state index in [1.54, 1.807) is 0 Å². The minimum absolute atomic E-state index is 0.332. The molecule has 0 aliphatic rings. The van der Waals surface area contributed by atoms with Gasteiger partial charge < -0.3 is 0 Å². The van der Waals surface area contributed by atoms with Crippen LogP contribution in [0.3, 0.4) is 0 Å². The van der Waals surface area contributed by atoms with Crippen LogP contribution in [0.2, 0.25) is 19.6 Å². The van der Waals surface area contributed by atoms with Crippen LogP contribution in [0.15, 0.2) is 41.0 Å². The maximum atomic E-state index is 7.91. The van der Waals surface area contributed by atoms with E-state index in [2.05, 4.69) is 48.9 Å². The van der Waals surface area contributed by atoms with E-state index in [-0.39, 0.29) is 0 Å². The second kappa shape index (κ2) is 4.80. The second-order valence-electron chi connectivity index (χ2n) is 3.94. The van der Waals surface area contributed by atoms with E-state index in [1.807, 2.05) is 6.07 Å². The van der Waals surface area contributed by atoms with E-state index in [1.165, 1.54) is 4.46 Å². The fourth-order valence-corrected chi connectivity index (χ4v) is 4.73. The summed E-state index contributed by atoms with van der Waals surface area (Å²) in [6.07, 6.45) is 0. The first-order valence-corrected chi connectivity index (χ1v) is 9.73. The van der Waals surface area contributed by atoms with Gasteiger partial charge in [-0.05, 0) is 0 Å². The van der Waals surface area contributed by atoms with E-state index in [4.69, 9.17) is 1.37 Å². The average molecular weight is 256 g/mol. The monoisotopic (exact) mass is 257 g/mol. The first kappa shape index (κ1) is 9.26. The normalized spacial score (nSPS) is 14.1. The van der Waals surface area contributed by atoms with Gasteiger partial charge in [-0.15, -0.1) is 0 Å². The van der Waals surface area contributed by atoms with Crippen molar-refractivity contribution in [3.63, 3.8) is 0 Å². The Morgan fingerprint density at radius 3 is 2.38 bits per heavy atom. The van der Waals surface area contributed by atoms with Gasteiger partial charge in [0.15, 0.2) is 0 Å². The Hall–Kier alpha value is -0.304. The Morgan fingerprint density at radius 2 is 1.85 bits per heavy atom. The molecule has 1 aromatic carbocycles. The van der Waals surface area contributed by atoms with Gasteiger partial charge in [0.05, 0.1) is 0 Å². The number of hydrogen-bond acceptors (Lipinski definition) is 0. The van der Waals surface area contributed by atoms with Crippen molar-refractivity contribution in [2.75, 3.05) is 0 Å². The van der Waals surface area contributed by atoms with Crippen molar-refractivity contribution in [1.82, 2.24) is 0 Å². The molecule has 0 aliphatic carbocycles. The van der Waals surface area contributed by atoms with E-state index in [0.29, 0.717) is 15.0 Å². The molecule has 0 fully saturated rings. The fraction of sp³-hybridized carbons (Fsp3) is 0.273. The first-order chi connectivity index (χ1) is 6.50. The minimum atomic E-state index is -1.37. The zero-order valence-corrected chi connectivity index (χ0v) is 11.1. The first-order valence-electron chi connectivity index (χ1n) is 4.89. The van der Waals surface area contributed by atoms with Crippen LogP contribution in [0.1, 0.15) is 1.37 Å². The van der Waals surface area contributed by atoms with Crippen LogP contribution in [0.25, 0.3) is 0 Å². The molecule has 0 heterocycles. The molecule has 0 radical (unpaired) electrons. The van der Waals surface area contributed by atoms with Crippen LogP contribution in [0, 0.1) is 0 Å². The van der Waals surface area contributed by atoms with Gasteiger partial charge in [0.25, 0.3) is 0 Å². The SMILES string of the molecule is [2H]/C(=C\[Se]c1ccccc1)[Si](C)(C)C. The zero-order valence-electron chi connectivity index (χ0n) is 9.37. The Morgan fingerprint density at radius 1 is 1.23 bits per heavy atom. The van der Waals surface area contributed by atoms with E-state index in [0.717, 1.165) is 5.68 Å². The van der Waals surface area contributed by atoms with Crippen molar-refractivity contribution in [3.05, 3.63) is 41.0 Å². The molecule has 0 atom stereocenters. The summed E-state index contributed by atoms with van der Waals surface area (Å²) in [5.41, 5.74) is 0.876. The Balaban J connectivity index is 2.65. The topological polar surface area (TPSA) is 0 Å². The summed E-state index contributed by atoms with van der Waals surface area (Å²) in [7, 11) is -1.37. The summed E-state index contributed by atoms with van der Waals surface area (Å²) in [6, 6.07) is 10.4. The Bertz CT molecular complexity index is 314. The zero-order chi connectivity index (χ0) is 10.6. The van der Waals surface area contributed by atoms with Gasteiger partial charge in [-0.1, -0.05) is 0 Å². The number of benzene rings is 1. The van der Waals surface area contributed by atoms with Gasteiger partial charge in [0.1, 0.15) is 0 Å². The molecule has 0 bridgehead atoms. The van der Waals surface area contributed by atoms with E-state index in [9.17, 15) is 0 Å². The average Bonchev–Trinajstić information content (AvgIpc) is 2.14. The molecule has 0 amide bonds. The van der Waals surface area contributed by atoms with Gasteiger partial charge in [-0.25, -0.2) is 0 Å². The third kappa shape index (κ3) is 5.09. The van der Waals surface area contributed by atoms with Crippen molar-refractivity contribution < 1.29 is 1.37 Å². The second-order valence-corrected chi connectivity index (χ2v) is 10.7. The van der Waals surface area contributed by atoms with Crippen LogP contribution >= 0.6 is 0 Å². The molecule has 0 nitrogen and oxygen atoms in total. The van der Waals surface area contributed by atoms with Crippen molar-refractivity contribution in [3.8, 4) is 0 Å². The molecule has 0 spiro atoms. The predicted octanol–water partition coefficient (Wildman–Crippen LogP) is 2.41. The van der Waals surface area contributed by atoms with Crippen molar-refractivity contribution in [1.29, 1.82) is 0 Å². The molecule has 0 aromatic heterocycles. The quantitative estimate of drug-likeness (QED) is 0.729. The van der Waals surface area contributed by atoms with Gasteiger partial charge in [0, 0.05) is 0 Å². The molecule has 0 saturated heterocycles. The molecule has 1 aromatic rings. The third-order valence-corrected chi connectivity index (χ3v) is 4.55. The molecular weight excluding hydrogens is 239 g/mol. The molecular formula is C11H16SeSi. The van der Waals surface area contributed by atoms with Crippen molar-refractivity contribution in [2.24, 2.45) is 0 Å². The molecule has 0 unspecified atom stereocenters. The van der Waals surface area contributed by atoms with E-state index < -0.39 is 8.07 Å². The van der Waals surface area contributed by atoms with Crippen LogP contribution in [-0.2, 0) is 0 Å². The molecule has 70 valence electrons. The summed E-state index contributed by atoms with van der Waals surface area (Å²) in [5.74, 6) is 0. The van der Waals surface area contributed by atoms with Crippen molar-refractivity contribution >= 4 is 27.5 Å². The van der Waals surface area contributed by atoms with Gasteiger partial charge >= 0.3 is 89.5 Å². The van der Waals surface area contributed by atoms with Gasteiger partial charge in [0.2, 0.25) is 0 Å². The third-order valence-electron chi connectivity index (χ3n) is 1.43. The van der Waals surface area contributed by atoms with Crippen LogP contribution < -0.4 is 4.46 Å². The molecule has 0 saturated carbocycles. The summed E-state index contributed by atoms with van der Waals surface area (Å²) >= 11 is 0.332. The standard InChI is InChI=1S/C11H16SeSi/c1-13(2,3)10-9-12-11-7-5-4-6-8-11/h4-10H,1-3H3/b10-9+/i10D. The fourth-order valence-electron chi connectivity index (χ4n) is 0.773. The van der Waals surface area contributed by atoms with Crippen LogP contribution in [-0.4, -0.2) is 23.0 Å². The Labute approximate surface area is 89.6 Å². The van der Waals surface area contributed by atoms with Crippen LogP contribution in [0.5, 0.6) is 0 Å².